The SMILES string of the molecule is O=C(COCC(O)[C@@H](O)[C@H](O)CCO)NCCCOCCOCCOCCCNC(=O)C1(F)CCCCCc2c1nnn2CCCN(Cc1ccccn1)Cc1ccccn1. The summed E-state index contributed by atoms with van der Waals surface area (Å²) in [6.45, 7) is 4.42. The molecule has 4 rings (SSSR count). The predicted molar refractivity (Wildman–Crippen MR) is 220 cm³/mol. The van der Waals surface area contributed by atoms with Crippen molar-refractivity contribution in [1.29, 1.82) is 0 Å². The lowest BCUT2D eigenvalue weighted by atomic mass is 9.88. The monoisotopic (exact) mass is 860 g/mol. The molecular weight excluding hydrogens is 796 g/mol. The van der Waals surface area contributed by atoms with E-state index >= 15 is 4.39 Å². The molecule has 1 aliphatic rings. The predicted octanol–water partition coefficient (Wildman–Crippen LogP) is 0.986. The van der Waals surface area contributed by atoms with Crippen LogP contribution in [0.15, 0.2) is 48.8 Å². The second-order valence-electron chi connectivity index (χ2n) is 15.0. The van der Waals surface area contributed by atoms with Crippen molar-refractivity contribution in [2.45, 2.75) is 101 Å². The third-order valence-electron chi connectivity index (χ3n) is 10.1. The van der Waals surface area contributed by atoms with Crippen molar-refractivity contribution < 1.29 is 53.4 Å². The largest absolute Gasteiger partial charge is 0.396 e. The summed E-state index contributed by atoms with van der Waals surface area (Å²) >= 11 is 0. The number of carbonyl (C=O) groups excluding carboxylic acids is 2. The number of pyridine rings is 2. The second-order valence-corrected chi connectivity index (χ2v) is 15.0. The summed E-state index contributed by atoms with van der Waals surface area (Å²) in [6.07, 6.45) is 4.06. The van der Waals surface area contributed by atoms with E-state index in [1.165, 1.54) is 0 Å². The van der Waals surface area contributed by atoms with Crippen molar-refractivity contribution in [2.24, 2.45) is 0 Å². The molecule has 0 aliphatic heterocycles. The number of carbonyl (C=O) groups is 2. The summed E-state index contributed by atoms with van der Waals surface area (Å²) in [5, 5.41) is 51.9. The normalized spacial score (nSPS) is 17.0. The zero-order valence-electron chi connectivity index (χ0n) is 35.1. The fraction of sp³-hybridized carbons (Fsp3) is 0.667. The highest BCUT2D eigenvalue weighted by Gasteiger charge is 2.45. The van der Waals surface area contributed by atoms with Gasteiger partial charge < -0.3 is 50.0 Å². The van der Waals surface area contributed by atoms with E-state index in [0.717, 1.165) is 37.2 Å². The van der Waals surface area contributed by atoms with Crippen molar-refractivity contribution in [3.8, 4) is 0 Å². The van der Waals surface area contributed by atoms with Crippen LogP contribution in [-0.2, 0) is 60.3 Å². The third kappa shape index (κ3) is 18.1. The number of aliphatic hydroxyl groups excluding tert-OH is 4. The Balaban J connectivity index is 1.05. The van der Waals surface area contributed by atoms with E-state index in [9.17, 15) is 24.9 Å². The average molecular weight is 861 g/mol. The maximum atomic E-state index is 16.7. The number of rotatable bonds is 31. The molecule has 4 atom stereocenters. The lowest BCUT2D eigenvalue weighted by Gasteiger charge is -2.26. The molecule has 18 nitrogen and oxygen atoms in total. The first kappa shape index (κ1) is 49.6. The molecule has 0 saturated carbocycles. The summed E-state index contributed by atoms with van der Waals surface area (Å²) in [6, 6.07) is 11.8. The molecule has 0 radical (unpaired) electrons. The number of aromatic nitrogens is 5. The minimum absolute atomic E-state index is 0.0528. The molecule has 2 unspecified atom stereocenters. The first-order valence-electron chi connectivity index (χ1n) is 21.4. The van der Waals surface area contributed by atoms with Crippen LogP contribution < -0.4 is 10.6 Å². The molecule has 0 aromatic carbocycles. The van der Waals surface area contributed by atoms with Crippen LogP contribution in [0.1, 0.15) is 74.1 Å². The highest BCUT2D eigenvalue weighted by atomic mass is 19.1. The Kier molecular flexibility index (Phi) is 23.2. The van der Waals surface area contributed by atoms with Gasteiger partial charge in [-0.1, -0.05) is 23.8 Å². The quantitative estimate of drug-likeness (QED) is 0.0495. The molecule has 19 heteroatoms. The molecule has 0 spiro atoms. The Morgan fingerprint density at radius 2 is 1.46 bits per heavy atom. The van der Waals surface area contributed by atoms with E-state index in [1.807, 2.05) is 36.4 Å². The first-order valence-corrected chi connectivity index (χ1v) is 21.4. The highest BCUT2D eigenvalue weighted by molar-refractivity contribution is 5.86. The van der Waals surface area contributed by atoms with Crippen molar-refractivity contribution in [1.82, 2.24) is 40.5 Å². The van der Waals surface area contributed by atoms with Crippen molar-refractivity contribution in [2.75, 3.05) is 79.1 Å². The molecule has 2 amide bonds. The number of aryl methyl sites for hydroxylation is 1. The number of nitrogens with zero attached hydrogens (tertiary/aromatic N) is 6. The van der Waals surface area contributed by atoms with E-state index in [1.54, 1.807) is 17.1 Å². The van der Waals surface area contributed by atoms with Crippen LogP contribution >= 0.6 is 0 Å². The van der Waals surface area contributed by atoms with Gasteiger partial charge >= 0.3 is 0 Å². The van der Waals surface area contributed by atoms with Gasteiger partial charge in [0.2, 0.25) is 11.6 Å². The van der Waals surface area contributed by atoms with Gasteiger partial charge in [-0.25, -0.2) is 9.07 Å². The zero-order chi connectivity index (χ0) is 43.5. The number of hydrogen-bond acceptors (Lipinski definition) is 15. The molecule has 0 saturated heterocycles. The number of aliphatic hydroxyl groups is 4. The van der Waals surface area contributed by atoms with Gasteiger partial charge in [0, 0.05) is 71.5 Å². The Morgan fingerprint density at radius 1 is 0.820 bits per heavy atom. The van der Waals surface area contributed by atoms with Crippen molar-refractivity contribution in [3.05, 3.63) is 71.6 Å². The minimum Gasteiger partial charge on any atom is -0.396 e. The number of ether oxygens (including phenoxy) is 4. The van der Waals surface area contributed by atoms with E-state index in [-0.39, 0.29) is 44.9 Å². The maximum Gasteiger partial charge on any atom is 0.264 e. The number of hydrogen-bond donors (Lipinski definition) is 6. The van der Waals surface area contributed by atoms with Crippen LogP contribution in [0.2, 0.25) is 0 Å². The number of alkyl halides is 1. The van der Waals surface area contributed by atoms with E-state index < -0.39 is 35.8 Å². The smallest absolute Gasteiger partial charge is 0.264 e. The van der Waals surface area contributed by atoms with Gasteiger partial charge in [-0.05, 0) is 75.6 Å². The summed E-state index contributed by atoms with van der Waals surface area (Å²) in [4.78, 5) is 36.5. The standard InChI is InChI=1S/C42H65FN8O10/c43-42(41(57)47-19-9-24-59-26-28-60-27-25-58-23-8-18-46-38(55)32-61-31-37(54)39(56)36(53)14-22-52)15-5-1-2-13-35-40(42)48-49-51(35)21-10-20-50(29-33-11-3-6-16-44-33)30-34-12-4-7-17-45-34/h3-4,6-7,11-12,16-17,36-37,39,52-54,56H,1-2,5,8-10,13-15,18-32H2,(H,46,55)(H,47,57)/t36-,37?,39+,42?/m1/s1. The fourth-order valence-electron chi connectivity index (χ4n) is 6.79. The molecular formula is C42H65FN8O10. The molecule has 61 heavy (non-hydrogen) atoms. The number of halogens is 1. The van der Waals surface area contributed by atoms with Crippen LogP contribution in [0.3, 0.4) is 0 Å². The molecule has 6 N–H and O–H groups in total. The molecule has 1 aliphatic carbocycles. The van der Waals surface area contributed by atoms with Gasteiger partial charge in [-0.15, -0.1) is 5.10 Å². The summed E-state index contributed by atoms with van der Waals surface area (Å²) < 4.78 is 40.2. The number of amides is 2. The average Bonchev–Trinajstić information content (AvgIpc) is 3.66. The van der Waals surface area contributed by atoms with Crippen molar-refractivity contribution in [3.63, 3.8) is 0 Å². The summed E-state index contributed by atoms with van der Waals surface area (Å²) in [7, 11) is 0. The number of fused-ring (bicyclic) bond motifs is 1. The van der Waals surface area contributed by atoms with Gasteiger partial charge in [-0.3, -0.25) is 24.5 Å². The molecule has 340 valence electrons. The lowest BCUT2D eigenvalue weighted by Crippen LogP contribution is -2.43. The first-order chi connectivity index (χ1) is 29.7. The second kappa shape index (κ2) is 28.5. The van der Waals surface area contributed by atoms with Crippen LogP contribution in [0.25, 0.3) is 0 Å². The molecule has 3 heterocycles. The maximum absolute atomic E-state index is 16.7. The van der Waals surface area contributed by atoms with Gasteiger partial charge in [0.15, 0.2) is 0 Å². The van der Waals surface area contributed by atoms with E-state index in [4.69, 9.17) is 24.1 Å². The van der Waals surface area contributed by atoms with E-state index in [0.29, 0.717) is 97.2 Å². The third-order valence-corrected chi connectivity index (χ3v) is 10.1. The Hall–Kier alpha value is -4.05. The van der Waals surface area contributed by atoms with Crippen LogP contribution in [-0.4, -0.2) is 160 Å². The topological polar surface area (TPSA) is 236 Å². The molecule has 3 aromatic heterocycles. The van der Waals surface area contributed by atoms with Gasteiger partial charge in [0.1, 0.15) is 24.5 Å². The van der Waals surface area contributed by atoms with Crippen LogP contribution in [0.4, 0.5) is 4.39 Å². The summed E-state index contributed by atoms with van der Waals surface area (Å²) in [5.41, 5.74) is 0.479. The zero-order valence-corrected chi connectivity index (χ0v) is 35.1. The minimum atomic E-state index is -2.26. The Labute approximate surface area is 357 Å². The van der Waals surface area contributed by atoms with E-state index in [2.05, 4.69) is 35.8 Å². The lowest BCUT2D eigenvalue weighted by molar-refractivity contribution is -0.134. The molecule has 3 aromatic rings. The van der Waals surface area contributed by atoms with Crippen LogP contribution in [0.5, 0.6) is 0 Å². The van der Waals surface area contributed by atoms with Gasteiger partial charge in [0.05, 0.1) is 56.2 Å². The van der Waals surface area contributed by atoms with Gasteiger partial charge in [-0.2, -0.15) is 0 Å². The number of nitrogens with one attached hydrogen (secondary N) is 2. The molecule has 0 bridgehead atoms. The van der Waals surface area contributed by atoms with Crippen molar-refractivity contribution >= 4 is 11.8 Å². The van der Waals surface area contributed by atoms with Crippen LogP contribution in [0, 0.1) is 0 Å². The Morgan fingerprint density at radius 3 is 2.08 bits per heavy atom. The van der Waals surface area contributed by atoms with Gasteiger partial charge in [0.25, 0.3) is 5.91 Å². The molecule has 0 fully saturated rings. The summed E-state index contributed by atoms with van der Waals surface area (Å²) in [5.74, 6) is -1.09. The highest BCUT2D eigenvalue weighted by Crippen LogP contribution is 2.36. The Bertz CT molecular complexity index is 1610. The fourth-order valence-corrected chi connectivity index (χ4v) is 6.79.